The molecule has 0 unspecified atom stereocenters. The molecular weight excluding hydrogens is 285 g/mol. The van der Waals surface area contributed by atoms with Crippen LogP contribution in [0, 0.1) is 10.1 Å². The van der Waals surface area contributed by atoms with E-state index in [1.807, 2.05) is 0 Å². The summed E-state index contributed by atoms with van der Waals surface area (Å²) in [5.74, 6) is -1.24. The smallest absolute Gasteiger partial charge is 0.334 e. The predicted octanol–water partition coefficient (Wildman–Crippen LogP) is 2.92. The van der Waals surface area contributed by atoms with Gasteiger partial charge in [-0.3, -0.25) is 10.1 Å². The molecule has 0 bridgehead atoms. The lowest BCUT2D eigenvalue weighted by molar-refractivity contribution is -0.384. The van der Waals surface area contributed by atoms with Gasteiger partial charge < -0.3 is 9.84 Å². The summed E-state index contributed by atoms with van der Waals surface area (Å²) in [7, 11) is 0. The Balaban J connectivity index is 2.94. The number of aliphatic carboxylic acids is 1. The van der Waals surface area contributed by atoms with E-state index in [-0.39, 0.29) is 33.7 Å². The molecule has 8 heteroatoms. The minimum atomic E-state index is -1.22. The molecule has 0 aromatic heterocycles. The summed E-state index contributed by atoms with van der Waals surface area (Å²) in [5.41, 5.74) is -0.477. The predicted molar refractivity (Wildman–Crippen MR) is 65.4 cm³/mol. The Morgan fingerprint density at radius 3 is 2.33 bits per heavy atom. The van der Waals surface area contributed by atoms with Crippen molar-refractivity contribution in [1.82, 2.24) is 0 Å². The van der Waals surface area contributed by atoms with Crippen LogP contribution in [0.4, 0.5) is 5.69 Å². The summed E-state index contributed by atoms with van der Waals surface area (Å²) in [6.45, 7) is 2.93. The first-order valence-electron chi connectivity index (χ1n) is 4.50. The number of benzene rings is 1. The normalized spacial score (nSPS) is 9.89. The van der Waals surface area contributed by atoms with Crippen molar-refractivity contribution in [2.75, 3.05) is 6.61 Å². The molecule has 1 N–H and O–H groups in total. The number of nitro benzene ring substituents is 1. The largest absolute Gasteiger partial charge is 0.486 e. The van der Waals surface area contributed by atoms with Crippen LogP contribution < -0.4 is 4.74 Å². The monoisotopic (exact) mass is 291 g/mol. The van der Waals surface area contributed by atoms with Gasteiger partial charge in [-0.05, 0) is 0 Å². The van der Waals surface area contributed by atoms with E-state index < -0.39 is 10.9 Å². The van der Waals surface area contributed by atoms with Crippen LogP contribution in [0.25, 0.3) is 0 Å². The second-order valence-electron chi connectivity index (χ2n) is 3.19. The minimum Gasteiger partial charge on any atom is -0.486 e. The highest BCUT2D eigenvalue weighted by molar-refractivity contribution is 6.37. The first-order chi connectivity index (χ1) is 8.32. The summed E-state index contributed by atoms with van der Waals surface area (Å²) in [4.78, 5) is 20.4. The molecule has 1 rings (SSSR count). The van der Waals surface area contributed by atoms with Crippen LogP contribution >= 0.6 is 23.2 Å². The molecule has 0 atom stereocenters. The Morgan fingerprint density at radius 1 is 1.44 bits per heavy atom. The van der Waals surface area contributed by atoms with Crippen molar-refractivity contribution >= 4 is 34.9 Å². The first-order valence-corrected chi connectivity index (χ1v) is 5.25. The molecule has 18 heavy (non-hydrogen) atoms. The number of carboxylic acids is 1. The zero-order valence-corrected chi connectivity index (χ0v) is 10.4. The fourth-order valence-corrected chi connectivity index (χ4v) is 1.60. The number of nitro groups is 1. The Morgan fingerprint density at radius 2 is 1.94 bits per heavy atom. The van der Waals surface area contributed by atoms with E-state index in [0.717, 1.165) is 12.1 Å². The lowest BCUT2D eigenvalue weighted by atomic mass is 10.3. The summed E-state index contributed by atoms with van der Waals surface area (Å²) in [6.07, 6.45) is 0. The van der Waals surface area contributed by atoms with Crippen molar-refractivity contribution in [3.63, 3.8) is 0 Å². The van der Waals surface area contributed by atoms with Gasteiger partial charge in [0.2, 0.25) is 0 Å². The molecule has 1 aromatic rings. The second-order valence-corrected chi connectivity index (χ2v) is 4.01. The molecule has 96 valence electrons. The van der Waals surface area contributed by atoms with Crippen molar-refractivity contribution in [2.24, 2.45) is 0 Å². The van der Waals surface area contributed by atoms with Crippen molar-refractivity contribution in [3.8, 4) is 5.75 Å². The molecule has 0 heterocycles. The van der Waals surface area contributed by atoms with Crippen LogP contribution in [-0.2, 0) is 4.79 Å². The van der Waals surface area contributed by atoms with Gasteiger partial charge in [0.1, 0.15) is 6.61 Å². The number of carbonyl (C=O) groups is 1. The van der Waals surface area contributed by atoms with Gasteiger partial charge in [-0.1, -0.05) is 29.8 Å². The van der Waals surface area contributed by atoms with Crippen LogP contribution in [0.1, 0.15) is 0 Å². The average Bonchev–Trinajstić information content (AvgIpc) is 2.26. The van der Waals surface area contributed by atoms with Gasteiger partial charge in [-0.25, -0.2) is 4.79 Å². The van der Waals surface area contributed by atoms with E-state index in [0.29, 0.717) is 0 Å². The molecule has 0 amide bonds. The number of rotatable bonds is 5. The third-order valence-electron chi connectivity index (χ3n) is 1.89. The van der Waals surface area contributed by atoms with Gasteiger partial charge in [0, 0.05) is 12.1 Å². The molecule has 0 spiro atoms. The second kappa shape index (κ2) is 5.70. The molecule has 0 aliphatic carbocycles. The number of ether oxygens (including phenoxy) is 1. The first kappa shape index (κ1) is 14.3. The van der Waals surface area contributed by atoms with E-state index >= 15 is 0 Å². The highest BCUT2D eigenvalue weighted by Crippen LogP contribution is 2.36. The molecule has 0 saturated carbocycles. The van der Waals surface area contributed by atoms with Gasteiger partial charge in [-0.2, -0.15) is 0 Å². The summed E-state index contributed by atoms with van der Waals surface area (Å²) >= 11 is 11.5. The van der Waals surface area contributed by atoms with Crippen LogP contribution in [0.3, 0.4) is 0 Å². The number of nitrogens with zero attached hydrogens (tertiary/aromatic N) is 1. The van der Waals surface area contributed by atoms with Crippen molar-refractivity contribution < 1.29 is 19.6 Å². The van der Waals surface area contributed by atoms with Gasteiger partial charge in [0.05, 0.1) is 20.5 Å². The van der Waals surface area contributed by atoms with Gasteiger partial charge in [0.15, 0.2) is 5.75 Å². The zero-order valence-electron chi connectivity index (χ0n) is 8.85. The van der Waals surface area contributed by atoms with Crippen LogP contribution in [0.5, 0.6) is 5.75 Å². The van der Waals surface area contributed by atoms with Crippen LogP contribution in [-0.4, -0.2) is 22.6 Å². The number of hydrogen-bond acceptors (Lipinski definition) is 4. The van der Waals surface area contributed by atoms with Crippen molar-refractivity contribution in [1.29, 1.82) is 0 Å². The third-order valence-corrected chi connectivity index (χ3v) is 2.45. The third kappa shape index (κ3) is 3.35. The molecule has 1 aromatic carbocycles. The molecule has 0 aliphatic heterocycles. The highest BCUT2D eigenvalue weighted by atomic mass is 35.5. The SMILES string of the molecule is C=C(COc1c(Cl)cc([N+](=O)[O-])cc1Cl)C(=O)O. The van der Waals surface area contributed by atoms with E-state index in [9.17, 15) is 14.9 Å². The Labute approximate surface area is 112 Å². The number of carboxylic acid groups (broad SMARTS) is 1. The van der Waals surface area contributed by atoms with Crippen molar-refractivity contribution in [3.05, 3.63) is 44.4 Å². The standard InChI is InChI=1S/C10H7Cl2NO5/c1-5(10(14)15)4-18-9-7(11)2-6(13(16)17)3-8(9)12/h2-3H,1,4H2,(H,14,15). The number of hydrogen-bond donors (Lipinski definition) is 1. The maximum absolute atomic E-state index is 10.5. The quantitative estimate of drug-likeness (QED) is 0.512. The van der Waals surface area contributed by atoms with Gasteiger partial charge >= 0.3 is 5.97 Å². The lowest BCUT2D eigenvalue weighted by Crippen LogP contribution is -2.09. The maximum Gasteiger partial charge on any atom is 0.334 e. The molecule has 0 saturated heterocycles. The molecule has 6 nitrogen and oxygen atoms in total. The number of non-ortho nitro benzene ring substituents is 1. The Hall–Kier alpha value is -1.79. The highest BCUT2D eigenvalue weighted by Gasteiger charge is 2.16. The van der Waals surface area contributed by atoms with E-state index in [1.165, 1.54) is 0 Å². The summed E-state index contributed by atoms with van der Waals surface area (Å²) < 4.78 is 5.06. The number of halogens is 2. The van der Waals surface area contributed by atoms with Gasteiger partial charge in [0.25, 0.3) is 5.69 Å². The topological polar surface area (TPSA) is 89.7 Å². The van der Waals surface area contributed by atoms with Gasteiger partial charge in [-0.15, -0.1) is 0 Å². The molecule has 0 radical (unpaired) electrons. The Bertz CT molecular complexity index is 506. The fraction of sp³-hybridized carbons (Fsp3) is 0.100. The van der Waals surface area contributed by atoms with E-state index in [4.69, 9.17) is 33.0 Å². The van der Waals surface area contributed by atoms with E-state index in [2.05, 4.69) is 6.58 Å². The van der Waals surface area contributed by atoms with Crippen molar-refractivity contribution in [2.45, 2.75) is 0 Å². The summed E-state index contributed by atoms with van der Waals surface area (Å²) in [6, 6.07) is 2.12. The average molecular weight is 292 g/mol. The van der Waals surface area contributed by atoms with Crippen LogP contribution in [0.2, 0.25) is 10.0 Å². The van der Waals surface area contributed by atoms with E-state index in [1.54, 1.807) is 0 Å². The summed E-state index contributed by atoms with van der Waals surface area (Å²) in [5, 5.41) is 19.0. The maximum atomic E-state index is 10.5. The Kier molecular flexibility index (Phi) is 4.52. The molecule has 0 aliphatic rings. The van der Waals surface area contributed by atoms with Crippen LogP contribution in [0.15, 0.2) is 24.3 Å². The molecular formula is C10H7Cl2NO5. The molecule has 0 fully saturated rings. The zero-order chi connectivity index (χ0) is 13.9. The minimum absolute atomic E-state index is 0.0219. The fourth-order valence-electron chi connectivity index (χ4n) is 1.01. The lowest BCUT2D eigenvalue weighted by Gasteiger charge is -2.09.